The number of aromatic nitrogens is 3. The molecule has 1 aliphatic heterocycles. The summed E-state index contributed by atoms with van der Waals surface area (Å²) in [6, 6.07) is 0. The van der Waals surface area contributed by atoms with Gasteiger partial charge in [-0.25, -0.2) is 9.97 Å². The fourth-order valence-electron chi connectivity index (χ4n) is 2.51. The minimum atomic E-state index is -0.746. The van der Waals surface area contributed by atoms with Crippen LogP contribution in [0.4, 0.5) is 5.82 Å². The Hall–Kier alpha value is -2.14. The Morgan fingerprint density at radius 1 is 1.55 bits per heavy atom. The molecule has 104 valence electrons. The van der Waals surface area contributed by atoms with Gasteiger partial charge in [-0.1, -0.05) is 5.92 Å². The van der Waals surface area contributed by atoms with E-state index in [9.17, 15) is 5.11 Å². The number of aliphatic hydroxyl groups excluding tert-OH is 2. The molecule has 2 aromatic rings. The third kappa shape index (κ3) is 1.82. The molecule has 0 aromatic carbocycles. The van der Waals surface area contributed by atoms with E-state index in [1.165, 1.54) is 6.33 Å². The number of hydrogen-bond donors (Lipinski definition) is 3. The third-order valence-electron chi connectivity index (χ3n) is 3.44. The van der Waals surface area contributed by atoms with Crippen molar-refractivity contribution in [1.82, 2.24) is 14.5 Å². The molecule has 0 spiro atoms. The van der Waals surface area contributed by atoms with Gasteiger partial charge in [0.05, 0.1) is 23.7 Å². The van der Waals surface area contributed by atoms with Gasteiger partial charge in [-0.05, 0) is 0 Å². The molecule has 1 aliphatic rings. The van der Waals surface area contributed by atoms with Crippen molar-refractivity contribution in [3.63, 3.8) is 0 Å². The molecule has 0 radical (unpaired) electrons. The fraction of sp³-hybridized carbons (Fsp3) is 0.385. The van der Waals surface area contributed by atoms with Crippen LogP contribution in [0, 0.1) is 12.3 Å². The van der Waals surface area contributed by atoms with E-state index in [0.29, 0.717) is 23.0 Å². The normalized spacial score (nSPS) is 25.9. The van der Waals surface area contributed by atoms with Gasteiger partial charge in [0, 0.05) is 12.6 Å². The number of nitrogens with two attached hydrogens (primary N) is 1. The predicted molar refractivity (Wildman–Crippen MR) is 71.5 cm³/mol. The van der Waals surface area contributed by atoms with Crippen LogP contribution in [0.25, 0.3) is 11.0 Å². The number of aliphatic hydroxyl groups is 2. The highest BCUT2D eigenvalue weighted by Gasteiger charge is 2.36. The van der Waals surface area contributed by atoms with Crippen molar-refractivity contribution in [2.24, 2.45) is 0 Å². The smallest absolute Gasteiger partial charge is 0.161 e. The number of terminal acetylenes is 1. The van der Waals surface area contributed by atoms with E-state index in [-0.39, 0.29) is 12.4 Å². The van der Waals surface area contributed by atoms with E-state index in [0.717, 1.165) is 0 Å². The number of nitrogens with zero attached hydrogens (tertiary/aromatic N) is 3. The third-order valence-corrected chi connectivity index (χ3v) is 3.44. The highest BCUT2D eigenvalue weighted by atomic mass is 16.5. The molecular formula is C13H14N4O3. The van der Waals surface area contributed by atoms with Crippen LogP contribution < -0.4 is 5.73 Å². The minimum absolute atomic E-state index is 0.147. The Balaban J connectivity index is 2.14. The van der Waals surface area contributed by atoms with E-state index in [1.54, 1.807) is 10.8 Å². The van der Waals surface area contributed by atoms with Crippen molar-refractivity contribution in [3.8, 4) is 12.3 Å². The summed E-state index contributed by atoms with van der Waals surface area (Å²) < 4.78 is 7.25. The maximum Gasteiger partial charge on any atom is 0.161 e. The van der Waals surface area contributed by atoms with Gasteiger partial charge < -0.3 is 25.3 Å². The van der Waals surface area contributed by atoms with Crippen molar-refractivity contribution in [3.05, 3.63) is 18.1 Å². The van der Waals surface area contributed by atoms with Gasteiger partial charge in [-0.15, -0.1) is 6.42 Å². The Labute approximate surface area is 115 Å². The van der Waals surface area contributed by atoms with Gasteiger partial charge in [0.25, 0.3) is 0 Å². The number of ether oxygens (including phenoxy) is 1. The summed E-state index contributed by atoms with van der Waals surface area (Å²) >= 11 is 0. The Bertz CT molecular complexity index is 691. The second kappa shape index (κ2) is 4.76. The average Bonchev–Trinajstić information content (AvgIpc) is 3.00. The first-order valence-corrected chi connectivity index (χ1v) is 6.17. The molecule has 7 nitrogen and oxygen atoms in total. The first-order valence-electron chi connectivity index (χ1n) is 6.17. The lowest BCUT2D eigenvalue weighted by molar-refractivity contribution is -0.0484. The summed E-state index contributed by atoms with van der Waals surface area (Å²) in [6.07, 6.45) is 7.02. The van der Waals surface area contributed by atoms with Crippen LogP contribution in [0.1, 0.15) is 18.2 Å². The van der Waals surface area contributed by atoms with E-state index in [4.69, 9.17) is 22.0 Å². The van der Waals surface area contributed by atoms with Gasteiger partial charge >= 0.3 is 0 Å². The Morgan fingerprint density at radius 2 is 2.35 bits per heavy atom. The fourth-order valence-corrected chi connectivity index (χ4v) is 2.51. The molecule has 4 N–H and O–H groups in total. The Kier molecular flexibility index (Phi) is 3.06. The monoisotopic (exact) mass is 274 g/mol. The van der Waals surface area contributed by atoms with Crippen LogP contribution in [0.5, 0.6) is 0 Å². The van der Waals surface area contributed by atoms with Crippen LogP contribution >= 0.6 is 0 Å². The zero-order valence-electron chi connectivity index (χ0n) is 10.6. The van der Waals surface area contributed by atoms with Crippen LogP contribution in [-0.2, 0) is 4.74 Å². The zero-order valence-corrected chi connectivity index (χ0v) is 10.6. The van der Waals surface area contributed by atoms with E-state index in [1.807, 2.05) is 0 Å². The van der Waals surface area contributed by atoms with Gasteiger partial charge in [-0.2, -0.15) is 0 Å². The molecule has 1 fully saturated rings. The molecule has 0 unspecified atom stereocenters. The molecule has 0 aliphatic carbocycles. The van der Waals surface area contributed by atoms with Crippen LogP contribution in [-0.4, -0.2) is 43.6 Å². The Morgan fingerprint density at radius 3 is 3.00 bits per heavy atom. The lowest BCUT2D eigenvalue weighted by atomic mass is 10.2. The van der Waals surface area contributed by atoms with Gasteiger partial charge in [0.1, 0.15) is 23.9 Å². The van der Waals surface area contributed by atoms with Gasteiger partial charge in [-0.3, -0.25) is 0 Å². The standard InChI is InChI=1S/C13H14N4O3/c1-2-7-4-17(12-10(7)11(14)15-6-16-12)13-9(19)3-8(5-18)20-13/h1,4,6,8-9,13,18-19H,3,5H2,(H2,14,15,16)/t8-,9+,13+/m0/s1. The van der Waals surface area contributed by atoms with Crippen molar-refractivity contribution in [1.29, 1.82) is 0 Å². The first kappa shape index (κ1) is 12.9. The molecule has 0 saturated carbocycles. The topological polar surface area (TPSA) is 106 Å². The predicted octanol–water partition coefficient (Wildman–Crippen LogP) is -0.364. The molecule has 0 amide bonds. The largest absolute Gasteiger partial charge is 0.394 e. The van der Waals surface area contributed by atoms with Gasteiger partial charge in [0.15, 0.2) is 6.23 Å². The van der Waals surface area contributed by atoms with Crippen LogP contribution in [0.15, 0.2) is 12.5 Å². The zero-order chi connectivity index (χ0) is 14.3. The van der Waals surface area contributed by atoms with E-state index >= 15 is 0 Å². The second-order valence-corrected chi connectivity index (χ2v) is 4.69. The molecule has 1 saturated heterocycles. The first-order chi connectivity index (χ1) is 9.65. The number of anilines is 1. The van der Waals surface area contributed by atoms with Crippen molar-refractivity contribution in [2.45, 2.75) is 24.9 Å². The van der Waals surface area contributed by atoms with Crippen molar-refractivity contribution >= 4 is 16.9 Å². The SMILES string of the molecule is C#Cc1cn([C@@H]2O[C@H](CO)C[C@H]2O)c2ncnc(N)c12. The maximum atomic E-state index is 10.1. The van der Waals surface area contributed by atoms with Gasteiger partial charge in [0.2, 0.25) is 0 Å². The molecule has 3 rings (SSSR count). The van der Waals surface area contributed by atoms with Crippen molar-refractivity contribution in [2.75, 3.05) is 12.3 Å². The molecule has 3 atom stereocenters. The summed E-state index contributed by atoms with van der Waals surface area (Å²) in [4.78, 5) is 8.08. The average molecular weight is 274 g/mol. The summed E-state index contributed by atoms with van der Waals surface area (Å²) in [6.45, 7) is -0.147. The molecule has 20 heavy (non-hydrogen) atoms. The van der Waals surface area contributed by atoms with Crippen molar-refractivity contribution < 1.29 is 14.9 Å². The summed E-state index contributed by atoms with van der Waals surface area (Å²) in [5.41, 5.74) is 6.88. The molecule has 3 heterocycles. The molecule has 0 bridgehead atoms. The van der Waals surface area contributed by atoms with E-state index < -0.39 is 18.4 Å². The van der Waals surface area contributed by atoms with Crippen LogP contribution in [0.3, 0.4) is 0 Å². The molecular weight excluding hydrogens is 260 g/mol. The lowest BCUT2D eigenvalue weighted by Gasteiger charge is -2.17. The van der Waals surface area contributed by atoms with Crippen LogP contribution in [0.2, 0.25) is 0 Å². The quantitative estimate of drug-likeness (QED) is 0.645. The second-order valence-electron chi connectivity index (χ2n) is 4.69. The lowest BCUT2D eigenvalue weighted by Crippen LogP contribution is -2.19. The highest BCUT2D eigenvalue weighted by molar-refractivity contribution is 5.92. The molecule has 2 aromatic heterocycles. The summed E-state index contributed by atoms with van der Waals surface area (Å²) in [5, 5.41) is 19.8. The summed E-state index contributed by atoms with van der Waals surface area (Å²) in [7, 11) is 0. The number of nitrogen functional groups attached to an aromatic ring is 1. The maximum absolute atomic E-state index is 10.1. The molecule has 7 heteroatoms. The number of fused-ring (bicyclic) bond motifs is 1. The summed E-state index contributed by atoms with van der Waals surface area (Å²) in [5.74, 6) is 2.81. The highest BCUT2D eigenvalue weighted by Crippen LogP contribution is 2.33. The number of rotatable bonds is 2. The number of hydrogen-bond acceptors (Lipinski definition) is 6. The minimum Gasteiger partial charge on any atom is -0.394 e. The van der Waals surface area contributed by atoms with E-state index in [2.05, 4.69) is 15.9 Å².